The second-order valence-corrected chi connectivity index (χ2v) is 7.08. The molecule has 2 N–H and O–H groups in total. The first-order chi connectivity index (χ1) is 15.5. The topological polar surface area (TPSA) is 79.9 Å². The Balaban J connectivity index is 0.00000114. The molecule has 3 aromatic rings. The second-order valence-electron chi connectivity index (χ2n) is 6.64. The van der Waals surface area contributed by atoms with Gasteiger partial charge in [-0.2, -0.15) is 0 Å². The maximum Gasteiger partial charge on any atom is 0.257 e. The van der Waals surface area contributed by atoms with Gasteiger partial charge in [0.2, 0.25) is 0 Å². The van der Waals surface area contributed by atoms with E-state index in [1.54, 1.807) is 24.4 Å². The molecule has 168 valence electrons. The van der Waals surface area contributed by atoms with E-state index in [9.17, 15) is 4.79 Å². The van der Waals surface area contributed by atoms with Gasteiger partial charge >= 0.3 is 0 Å². The summed E-state index contributed by atoms with van der Waals surface area (Å²) in [4.78, 5) is 25.0. The molecule has 0 fully saturated rings. The van der Waals surface area contributed by atoms with Gasteiger partial charge in [-0.05, 0) is 51.5 Å². The molecule has 0 spiro atoms. The molecule has 6 nitrogen and oxygen atoms in total. The van der Waals surface area contributed by atoms with Gasteiger partial charge in [-0.15, -0.1) is 6.58 Å². The van der Waals surface area contributed by atoms with Crippen molar-refractivity contribution in [3.63, 3.8) is 0 Å². The van der Waals surface area contributed by atoms with Crippen LogP contribution in [0, 0.1) is 0 Å². The third-order valence-electron chi connectivity index (χ3n) is 4.27. The summed E-state index contributed by atoms with van der Waals surface area (Å²) in [5.74, 6) is 1.00. The molecule has 0 saturated carbocycles. The van der Waals surface area contributed by atoms with Crippen LogP contribution in [0.15, 0.2) is 72.8 Å². The third kappa shape index (κ3) is 6.31. The van der Waals surface area contributed by atoms with Crippen LogP contribution in [0.4, 0.5) is 0 Å². The number of benzene rings is 1. The predicted octanol–water partition coefficient (Wildman–Crippen LogP) is 6.43. The fourth-order valence-electron chi connectivity index (χ4n) is 2.94. The zero-order valence-electron chi connectivity index (χ0n) is 18.9. The number of nitrogens with zero attached hydrogens (tertiary/aromatic N) is 2. The number of ether oxygens (including phenoxy) is 1. The smallest absolute Gasteiger partial charge is 0.257 e. The average molecular weight is 453 g/mol. The summed E-state index contributed by atoms with van der Waals surface area (Å²) in [6, 6.07) is 9.01. The van der Waals surface area contributed by atoms with Crippen LogP contribution in [0.2, 0.25) is 5.02 Å². The first-order valence-electron chi connectivity index (χ1n) is 10.5. The van der Waals surface area contributed by atoms with Crippen molar-refractivity contribution in [3.8, 4) is 11.4 Å². The van der Waals surface area contributed by atoms with E-state index in [0.29, 0.717) is 46.4 Å². The number of halogens is 1. The van der Waals surface area contributed by atoms with E-state index in [2.05, 4.69) is 26.8 Å². The highest BCUT2D eigenvalue weighted by Crippen LogP contribution is 2.24. The third-order valence-corrected chi connectivity index (χ3v) is 4.50. The summed E-state index contributed by atoms with van der Waals surface area (Å²) >= 11 is 6.09. The Bertz CT molecular complexity index is 1130. The van der Waals surface area contributed by atoms with Crippen LogP contribution >= 0.6 is 11.6 Å². The number of imidazole rings is 1. The van der Waals surface area contributed by atoms with E-state index in [1.165, 1.54) is 0 Å². The standard InChI is InChI=1S/C22H23ClN4O2.C3H6/c1-4-8-18(29-6-3)17(5-2)25-22(28)16-11-12-24-21-19(16)26-20(27-21)14-9-7-10-15(23)13-14;1-3-2/h4,7-13H,5-6H2,1-3H3,(H,25,28)(H,24,26,27);3H,1H2,2H3/b8-4-,18-17-;. The van der Waals surface area contributed by atoms with Crippen LogP contribution in [0.3, 0.4) is 0 Å². The van der Waals surface area contributed by atoms with Crippen LogP contribution in [-0.2, 0) is 4.74 Å². The highest BCUT2D eigenvalue weighted by atomic mass is 35.5. The first kappa shape index (κ1) is 24.9. The normalized spacial score (nSPS) is 11.5. The van der Waals surface area contributed by atoms with Crippen molar-refractivity contribution >= 4 is 28.7 Å². The molecule has 0 radical (unpaired) electrons. The van der Waals surface area contributed by atoms with Gasteiger partial charge in [-0.25, -0.2) is 9.97 Å². The van der Waals surface area contributed by atoms with Crippen molar-refractivity contribution in [1.82, 2.24) is 20.3 Å². The highest BCUT2D eigenvalue weighted by molar-refractivity contribution is 6.30. The fraction of sp³-hybridized carbons (Fsp3) is 0.240. The molecular weight excluding hydrogens is 424 g/mol. The SMILES string of the molecule is C/C=C\C(OCC)=C(/CC)NC(=O)c1ccnc2nc(-c3cccc(Cl)c3)[nH]c12.C=CC. The molecule has 2 heterocycles. The summed E-state index contributed by atoms with van der Waals surface area (Å²) < 4.78 is 5.67. The Kier molecular flexibility index (Phi) is 9.70. The van der Waals surface area contributed by atoms with Crippen LogP contribution in [0.25, 0.3) is 22.6 Å². The van der Waals surface area contributed by atoms with Gasteiger partial charge in [-0.3, -0.25) is 4.79 Å². The summed E-state index contributed by atoms with van der Waals surface area (Å²) in [6.45, 7) is 11.5. The van der Waals surface area contributed by atoms with Gasteiger partial charge in [0.25, 0.3) is 5.91 Å². The number of amides is 1. The Hall–Kier alpha value is -3.38. The lowest BCUT2D eigenvalue weighted by Gasteiger charge is -2.13. The van der Waals surface area contributed by atoms with Crippen molar-refractivity contribution in [2.75, 3.05) is 6.61 Å². The number of carbonyl (C=O) groups excluding carboxylic acids is 1. The number of aromatic nitrogens is 3. The Morgan fingerprint density at radius 1 is 1.28 bits per heavy atom. The van der Waals surface area contributed by atoms with Crippen molar-refractivity contribution in [3.05, 3.63) is 83.4 Å². The largest absolute Gasteiger partial charge is 0.492 e. The minimum absolute atomic E-state index is 0.253. The molecule has 7 heteroatoms. The molecule has 0 bridgehead atoms. The minimum atomic E-state index is -0.253. The van der Waals surface area contributed by atoms with E-state index in [0.717, 1.165) is 11.3 Å². The quantitative estimate of drug-likeness (QED) is 0.246. The van der Waals surface area contributed by atoms with Gasteiger partial charge in [0.1, 0.15) is 11.6 Å². The Morgan fingerprint density at radius 3 is 2.66 bits per heavy atom. The summed E-state index contributed by atoms with van der Waals surface area (Å²) in [5, 5.41) is 3.58. The molecule has 2 aromatic heterocycles. The van der Waals surface area contributed by atoms with Gasteiger partial charge in [0.05, 0.1) is 23.4 Å². The molecule has 1 amide bonds. The van der Waals surface area contributed by atoms with Crippen LogP contribution in [0.5, 0.6) is 0 Å². The lowest BCUT2D eigenvalue weighted by molar-refractivity contribution is 0.0962. The number of hydrogen-bond donors (Lipinski definition) is 2. The number of rotatable bonds is 7. The lowest BCUT2D eigenvalue weighted by atomic mass is 10.2. The molecule has 1 aromatic carbocycles. The Labute approximate surface area is 194 Å². The van der Waals surface area contributed by atoms with Crippen molar-refractivity contribution in [1.29, 1.82) is 0 Å². The van der Waals surface area contributed by atoms with Gasteiger partial charge < -0.3 is 15.0 Å². The summed E-state index contributed by atoms with van der Waals surface area (Å²) in [6.07, 6.45) is 7.67. The number of pyridine rings is 1. The fourth-order valence-corrected chi connectivity index (χ4v) is 3.13. The Morgan fingerprint density at radius 2 is 2.03 bits per heavy atom. The highest BCUT2D eigenvalue weighted by Gasteiger charge is 2.17. The van der Waals surface area contributed by atoms with Gasteiger partial charge in [0, 0.05) is 16.8 Å². The second kappa shape index (κ2) is 12.5. The number of allylic oxidation sites excluding steroid dienone is 4. The van der Waals surface area contributed by atoms with E-state index < -0.39 is 0 Å². The lowest BCUT2D eigenvalue weighted by Crippen LogP contribution is -2.24. The molecular formula is C25H29ClN4O2. The van der Waals surface area contributed by atoms with E-state index in [4.69, 9.17) is 16.3 Å². The number of carbonyl (C=O) groups is 1. The molecule has 0 atom stereocenters. The zero-order valence-corrected chi connectivity index (χ0v) is 19.7. The molecule has 0 aliphatic carbocycles. The maximum atomic E-state index is 13.0. The number of nitrogens with one attached hydrogen (secondary N) is 2. The predicted molar refractivity (Wildman–Crippen MR) is 131 cm³/mol. The zero-order chi connectivity index (χ0) is 23.5. The number of fused-ring (bicyclic) bond motifs is 1. The van der Waals surface area contributed by atoms with Crippen molar-refractivity contribution in [2.45, 2.75) is 34.1 Å². The van der Waals surface area contributed by atoms with Crippen molar-refractivity contribution in [2.24, 2.45) is 0 Å². The first-order valence-corrected chi connectivity index (χ1v) is 10.8. The molecule has 3 rings (SSSR count). The molecule has 0 saturated heterocycles. The molecule has 0 unspecified atom stereocenters. The van der Waals surface area contributed by atoms with E-state index in [1.807, 2.05) is 58.0 Å². The van der Waals surface area contributed by atoms with E-state index >= 15 is 0 Å². The maximum absolute atomic E-state index is 13.0. The minimum Gasteiger partial charge on any atom is -0.492 e. The van der Waals surface area contributed by atoms with Crippen LogP contribution in [0.1, 0.15) is 44.5 Å². The van der Waals surface area contributed by atoms with Crippen LogP contribution in [-0.4, -0.2) is 27.5 Å². The van der Waals surface area contributed by atoms with Crippen LogP contribution < -0.4 is 5.32 Å². The number of aromatic amines is 1. The number of H-pyrrole nitrogens is 1. The molecule has 32 heavy (non-hydrogen) atoms. The number of hydrogen-bond acceptors (Lipinski definition) is 4. The van der Waals surface area contributed by atoms with Gasteiger partial charge in [0.15, 0.2) is 5.65 Å². The molecule has 0 aliphatic heterocycles. The summed E-state index contributed by atoms with van der Waals surface area (Å²) in [5.41, 5.74) is 3.03. The summed E-state index contributed by atoms with van der Waals surface area (Å²) in [7, 11) is 0. The molecule has 0 aliphatic rings. The monoisotopic (exact) mass is 452 g/mol. The van der Waals surface area contributed by atoms with Crippen molar-refractivity contribution < 1.29 is 9.53 Å². The average Bonchev–Trinajstić information content (AvgIpc) is 3.22. The van der Waals surface area contributed by atoms with E-state index in [-0.39, 0.29) is 5.91 Å². The van der Waals surface area contributed by atoms with Gasteiger partial charge in [-0.1, -0.05) is 42.8 Å².